The quantitative estimate of drug-likeness (QED) is 0.703. The highest BCUT2D eigenvalue weighted by atomic mass is 35.5. The van der Waals surface area contributed by atoms with Crippen LogP contribution in [0, 0.1) is 6.92 Å². The first kappa shape index (κ1) is 14.5. The molecule has 0 bridgehead atoms. The Kier molecular flexibility index (Phi) is 3.94. The standard InChI is InChI=1S/C17H15Cl2NO/c1-10-13(4-3-5-14(10)19)17(20-2)16-9-11-8-12(18)6-7-15(11)21-16/h3-9,17,20H,1-2H3. The second-order valence-electron chi connectivity index (χ2n) is 5.01. The van der Waals surface area contributed by atoms with Gasteiger partial charge in [-0.15, -0.1) is 0 Å². The topological polar surface area (TPSA) is 25.2 Å². The molecule has 3 rings (SSSR count). The molecule has 1 aromatic heterocycles. The fourth-order valence-corrected chi connectivity index (χ4v) is 2.93. The molecule has 0 amide bonds. The minimum absolute atomic E-state index is 0.0464. The highest BCUT2D eigenvalue weighted by molar-refractivity contribution is 6.31. The van der Waals surface area contributed by atoms with Crippen molar-refractivity contribution >= 4 is 34.2 Å². The maximum absolute atomic E-state index is 6.23. The molecule has 108 valence electrons. The van der Waals surface area contributed by atoms with Gasteiger partial charge in [-0.2, -0.15) is 0 Å². The van der Waals surface area contributed by atoms with Gasteiger partial charge in [0, 0.05) is 15.4 Å². The van der Waals surface area contributed by atoms with Crippen molar-refractivity contribution in [2.75, 3.05) is 7.05 Å². The van der Waals surface area contributed by atoms with Crippen LogP contribution in [-0.4, -0.2) is 7.05 Å². The molecule has 0 saturated carbocycles. The summed E-state index contributed by atoms with van der Waals surface area (Å²) >= 11 is 12.3. The van der Waals surface area contributed by atoms with E-state index >= 15 is 0 Å². The van der Waals surface area contributed by atoms with Gasteiger partial charge in [0.25, 0.3) is 0 Å². The van der Waals surface area contributed by atoms with Gasteiger partial charge in [-0.05, 0) is 55.4 Å². The summed E-state index contributed by atoms with van der Waals surface area (Å²) in [6, 6.07) is 13.5. The highest BCUT2D eigenvalue weighted by Gasteiger charge is 2.19. The van der Waals surface area contributed by atoms with Crippen LogP contribution in [-0.2, 0) is 0 Å². The van der Waals surface area contributed by atoms with E-state index in [9.17, 15) is 0 Å². The second kappa shape index (κ2) is 5.72. The van der Waals surface area contributed by atoms with Gasteiger partial charge in [-0.1, -0.05) is 35.3 Å². The van der Waals surface area contributed by atoms with Gasteiger partial charge in [0.05, 0.1) is 6.04 Å². The molecule has 1 unspecified atom stereocenters. The Labute approximate surface area is 133 Å². The van der Waals surface area contributed by atoms with Crippen molar-refractivity contribution in [2.24, 2.45) is 0 Å². The van der Waals surface area contributed by atoms with Crippen LogP contribution in [0.2, 0.25) is 10.0 Å². The molecule has 21 heavy (non-hydrogen) atoms. The highest BCUT2D eigenvalue weighted by Crippen LogP contribution is 2.32. The summed E-state index contributed by atoms with van der Waals surface area (Å²) < 4.78 is 5.96. The predicted molar refractivity (Wildman–Crippen MR) is 88.3 cm³/mol. The zero-order chi connectivity index (χ0) is 15.0. The lowest BCUT2D eigenvalue weighted by atomic mass is 9.99. The van der Waals surface area contributed by atoms with E-state index in [0.717, 1.165) is 32.9 Å². The monoisotopic (exact) mass is 319 g/mol. The summed E-state index contributed by atoms with van der Waals surface area (Å²) in [5.41, 5.74) is 2.99. The molecule has 1 atom stereocenters. The molecule has 1 heterocycles. The van der Waals surface area contributed by atoms with Crippen LogP contribution in [0.15, 0.2) is 46.9 Å². The van der Waals surface area contributed by atoms with Crippen molar-refractivity contribution in [3.63, 3.8) is 0 Å². The normalized spacial score (nSPS) is 12.8. The van der Waals surface area contributed by atoms with Crippen LogP contribution in [0.3, 0.4) is 0 Å². The molecule has 0 fully saturated rings. The van der Waals surface area contributed by atoms with Gasteiger partial charge in [0.2, 0.25) is 0 Å². The van der Waals surface area contributed by atoms with Crippen LogP contribution >= 0.6 is 23.2 Å². The molecular formula is C17H15Cl2NO. The molecular weight excluding hydrogens is 305 g/mol. The first-order chi connectivity index (χ1) is 10.1. The summed E-state index contributed by atoms with van der Waals surface area (Å²) in [6.45, 7) is 2.02. The lowest BCUT2D eigenvalue weighted by Gasteiger charge is -2.17. The van der Waals surface area contributed by atoms with E-state index in [-0.39, 0.29) is 6.04 Å². The fourth-order valence-electron chi connectivity index (χ4n) is 2.56. The summed E-state index contributed by atoms with van der Waals surface area (Å²) in [7, 11) is 1.91. The molecule has 1 N–H and O–H groups in total. The Hall–Kier alpha value is -1.48. The van der Waals surface area contributed by atoms with Gasteiger partial charge in [-0.3, -0.25) is 0 Å². The third kappa shape index (κ3) is 2.67. The largest absolute Gasteiger partial charge is 0.459 e. The summed E-state index contributed by atoms with van der Waals surface area (Å²) in [6.07, 6.45) is 0. The average molecular weight is 320 g/mol. The summed E-state index contributed by atoms with van der Waals surface area (Å²) in [5, 5.41) is 5.75. The van der Waals surface area contributed by atoms with E-state index < -0.39 is 0 Å². The van der Waals surface area contributed by atoms with E-state index in [2.05, 4.69) is 11.4 Å². The number of hydrogen-bond donors (Lipinski definition) is 1. The number of benzene rings is 2. The van der Waals surface area contributed by atoms with Crippen LogP contribution in [0.1, 0.15) is 22.9 Å². The van der Waals surface area contributed by atoms with Gasteiger partial charge in [0.15, 0.2) is 0 Å². The molecule has 0 spiro atoms. The molecule has 0 saturated heterocycles. The molecule has 3 aromatic rings. The molecule has 2 nitrogen and oxygen atoms in total. The number of rotatable bonds is 3. The van der Waals surface area contributed by atoms with E-state index in [4.69, 9.17) is 27.6 Å². The van der Waals surface area contributed by atoms with Crippen LogP contribution in [0.4, 0.5) is 0 Å². The molecule has 0 radical (unpaired) electrons. The van der Waals surface area contributed by atoms with Gasteiger partial charge in [-0.25, -0.2) is 0 Å². The SMILES string of the molecule is CNC(c1cc2cc(Cl)ccc2o1)c1cccc(Cl)c1C. The summed E-state index contributed by atoms with van der Waals surface area (Å²) in [5.74, 6) is 0.847. The van der Waals surface area contributed by atoms with Crippen molar-refractivity contribution in [1.29, 1.82) is 0 Å². The van der Waals surface area contributed by atoms with E-state index in [1.165, 1.54) is 0 Å². The van der Waals surface area contributed by atoms with Crippen LogP contribution in [0.25, 0.3) is 11.0 Å². The Balaban J connectivity index is 2.11. The maximum Gasteiger partial charge on any atom is 0.134 e. The Bertz CT molecular complexity index is 795. The second-order valence-corrected chi connectivity index (χ2v) is 5.85. The Morgan fingerprint density at radius 3 is 2.67 bits per heavy atom. The number of nitrogens with one attached hydrogen (secondary N) is 1. The summed E-state index contributed by atoms with van der Waals surface area (Å²) in [4.78, 5) is 0. The van der Waals surface area contributed by atoms with Gasteiger partial charge in [0.1, 0.15) is 11.3 Å². The third-order valence-corrected chi connectivity index (χ3v) is 4.34. The lowest BCUT2D eigenvalue weighted by molar-refractivity contribution is 0.490. The van der Waals surface area contributed by atoms with Crippen molar-refractivity contribution in [3.8, 4) is 0 Å². The first-order valence-electron chi connectivity index (χ1n) is 6.71. The minimum atomic E-state index is -0.0464. The number of hydrogen-bond acceptors (Lipinski definition) is 2. The number of halogens is 2. The number of furan rings is 1. The molecule has 2 aromatic carbocycles. The lowest BCUT2D eigenvalue weighted by Crippen LogP contribution is -2.18. The van der Waals surface area contributed by atoms with E-state index in [0.29, 0.717) is 5.02 Å². The predicted octanol–water partition coefficient (Wildman–Crippen LogP) is 5.36. The zero-order valence-electron chi connectivity index (χ0n) is 11.8. The maximum atomic E-state index is 6.23. The Morgan fingerprint density at radius 1 is 1.10 bits per heavy atom. The minimum Gasteiger partial charge on any atom is -0.459 e. The molecule has 0 aliphatic carbocycles. The third-order valence-electron chi connectivity index (χ3n) is 3.69. The molecule has 0 aliphatic rings. The first-order valence-corrected chi connectivity index (χ1v) is 7.47. The molecule has 4 heteroatoms. The van der Waals surface area contributed by atoms with Crippen LogP contribution in [0.5, 0.6) is 0 Å². The fraction of sp³-hybridized carbons (Fsp3) is 0.176. The van der Waals surface area contributed by atoms with E-state index in [1.807, 2.05) is 50.4 Å². The van der Waals surface area contributed by atoms with Gasteiger partial charge >= 0.3 is 0 Å². The van der Waals surface area contributed by atoms with Crippen molar-refractivity contribution in [1.82, 2.24) is 5.32 Å². The van der Waals surface area contributed by atoms with Crippen molar-refractivity contribution < 1.29 is 4.42 Å². The van der Waals surface area contributed by atoms with Crippen molar-refractivity contribution in [2.45, 2.75) is 13.0 Å². The molecule has 0 aliphatic heterocycles. The number of fused-ring (bicyclic) bond motifs is 1. The zero-order valence-corrected chi connectivity index (χ0v) is 13.3. The van der Waals surface area contributed by atoms with Crippen LogP contribution < -0.4 is 5.32 Å². The van der Waals surface area contributed by atoms with E-state index in [1.54, 1.807) is 0 Å². The van der Waals surface area contributed by atoms with Crippen molar-refractivity contribution in [3.05, 3.63) is 69.4 Å². The Morgan fingerprint density at radius 2 is 1.90 bits per heavy atom. The van der Waals surface area contributed by atoms with Gasteiger partial charge < -0.3 is 9.73 Å². The smallest absolute Gasteiger partial charge is 0.134 e. The average Bonchev–Trinajstić information content (AvgIpc) is 2.87.